The van der Waals surface area contributed by atoms with Crippen LogP contribution in [0.3, 0.4) is 0 Å². The number of carbonyl (C=O) groups is 2. The minimum absolute atomic E-state index is 0.156. The maximum absolute atomic E-state index is 12.6. The molecule has 2 amide bonds. The van der Waals surface area contributed by atoms with E-state index >= 15 is 0 Å². The summed E-state index contributed by atoms with van der Waals surface area (Å²) >= 11 is 0. The Morgan fingerprint density at radius 3 is 2.45 bits per heavy atom. The van der Waals surface area contributed by atoms with E-state index in [0.717, 1.165) is 12.8 Å². The Morgan fingerprint density at radius 2 is 1.90 bits per heavy atom. The number of carboxylic acids is 1. The molecular formula is C14H24N2O4. The number of nitrogens with zero attached hydrogens (tertiary/aromatic N) is 2. The number of urea groups is 1. The van der Waals surface area contributed by atoms with Crippen molar-refractivity contribution < 1.29 is 19.4 Å². The van der Waals surface area contributed by atoms with Crippen LogP contribution in [0.5, 0.6) is 0 Å². The van der Waals surface area contributed by atoms with Gasteiger partial charge in [0.1, 0.15) is 6.04 Å². The maximum Gasteiger partial charge on any atom is 0.326 e. The quantitative estimate of drug-likeness (QED) is 0.832. The van der Waals surface area contributed by atoms with Gasteiger partial charge in [-0.25, -0.2) is 9.59 Å². The summed E-state index contributed by atoms with van der Waals surface area (Å²) in [6.45, 7) is 5.30. The van der Waals surface area contributed by atoms with E-state index in [2.05, 4.69) is 6.92 Å². The fourth-order valence-corrected chi connectivity index (χ4v) is 3.27. The van der Waals surface area contributed by atoms with Crippen LogP contribution in [-0.2, 0) is 9.53 Å². The van der Waals surface area contributed by atoms with Crippen molar-refractivity contribution >= 4 is 12.0 Å². The average molecular weight is 284 g/mol. The van der Waals surface area contributed by atoms with E-state index in [-0.39, 0.29) is 18.2 Å². The first-order valence-corrected chi connectivity index (χ1v) is 7.26. The fourth-order valence-electron chi connectivity index (χ4n) is 3.27. The topological polar surface area (TPSA) is 70.1 Å². The van der Waals surface area contributed by atoms with E-state index < -0.39 is 12.0 Å². The van der Waals surface area contributed by atoms with Crippen LogP contribution in [0.4, 0.5) is 4.79 Å². The Morgan fingerprint density at radius 1 is 1.20 bits per heavy atom. The second-order valence-electron chi connectivity index (χ2n) is 6.05. The Hall–Kier alpha value is -1.30. The smallest absolute Gasteiger partial charge is 0.326 e. The molecule has 0 bridgehead atoms. The molecule has 114 valence electrons. The Bertz CT molecular complexity index is 387. The van der Waals surface area contributed by atoms with Crippen LogP contribution >= 0.6 is 0 Å². The van der Waals surface area contributed by atoms with Crippen LogP contribution in [0.25, 0.3) is 0 Å². The lowest BCUT2D eigenvalue weighted by Crippen LogP contribution is -2.53. The van der Waals surface area contributed by atoms with Gasteiger partial charge in [-0.2, -0.15) is 0 Å². The molecule has 4 atom stereocenters. The molecule has 2 heterocycles. The standard InChI is InChI=1S/C14H24N2O4/c1-9-4-5-15(10(2)6-9)14(19)16-8-11(20-3)7-12(16)13(17)18/h9-12H,4-8H2,1-3H3,(H,17,18). The molecule has 4 unspecified atom stereocenters. The van der Waals surface area contributed by atoms with Gasteiger partial charge in [-0.05, 0) is 25.7 Å². The van der Waals surface area contributed by atoms with Crippen molar-refractivity contribution in [1.29, 1.82) is 0 Å². The van der Waals surface area contributed by atoms with Gasteiger partial charge in [0, 0.05) is 32.7 Å². The molecule has 0 aromatic carbocycles. The highest BCUT2D eigenvalue weighted by Crippen LogP contribution is 2.27. The number of carbonyl (C=O) groups excluding carboxylic acids is 1. The number of rotatable bonds is 2. The molecule has 2 rings (SSSR count). The second kappa shape index (κ2) is 5.99. The highest BCUT2D eigenvalue weighted by atomic mass is 16.5. The van der Waals surface area contributed by atoms with Crippen molar-refractivity contribution in [1.82, 2.24) is 9.80 Å². The Labute approximate surface area is 119 Å². The Kier molecular flexibility index (Phi) is 4.52. The third kappa shape index (κ3) is 2.90. The summed E-state index contributed by atoms with van der Waals surface area (Å²) in [5.41, 5.74) is 0. The van der Waals surface area contributed by atoms with Crippen LogP contribution in [0.2, 0.25) is 0 Å². The first-order valence-electron chi connectivity index (χ1n) is 7.26. The van der Waals surface area contributed by atoms with Crippen molar-refractivity contribution in [3.8, 4) is 0 Å². The van der Waals surface area contributed by atoms with E-state index in [9.17, 15) is 14.7 Å². The maximum atomic E-state index is 12.6. The van der Waals surface area contributed by atoms with Crippen LogP contribution in [0.1, 0.15) is 33.1 Å². The number of likely N-dealkylation sites (tertiary alicyclic amines) is 2. The number of carboxylic acid groups (broad SMARTS) is 1. The number of aliphatic carboxylic acids is 1. The van der Waals surface area contributed by atoms with Crippen molar-refractivity contribution in [2.75, 3.05) is 20.2 Å². The van der Waals surface area contributed by atoms with Crippen molar-refractivity contribution in [2.24, 2.45) is 5.92 Å². The molecule has 2 aliphatic rings. The monoisotopic (exact) mass is 284 g/mol. The lowest BCUT2D eigenvalue weighted by molar-refractivity contribution is -0.141. The third-order valence-electron chi connectivity index (χ3n) is 4.51. The van der Waals surface area contributed by atoms with Crippen LogP contribution in [-0.4, -0.2) is 65.3 Å². The number of methoxy groups -OCH3 is 1. The second-order valence-corrected chi connectivity index (χ2v) is 6.05. The summed E-state index contributed by atoms with van der Waals surface area (Å²) in [4.78, 5) is 27.2. The summed E-state index contributed by atoms with van der Waals surface area (Å²) in [5, 5.41) is 9.28. The third-order valence-corrected chi connectivity index (χ3v) is 4.51. The molecule has 0 aliphatic carbocycles. The molecule has 2 saturated heterocycles. The molecule has 2 fully saturated rings. The molecule has 1 N–H and O–H groups in total. The molecule has 2 aliphatic heterocycles. The number of ether oxygens (including phenoxy) is 1. The molecule has 6 nitrogen and oxygen atoms in total. The highest BCUT2D eigenvalue weighted by molar-refractivity contribution is 5.83. The van der Waals surface area contributed by atoms with Crippen molar-refractivity contribution in [2.45, 2.75) is 51.3 Å². The van der Waals surface area contributed by atoms with Gasteiger partial charge in [0.25, 0.3) is 0 Å². The van der Waals surface area contributed by atoms with Crippen LogP contribution < -0.4 is 0 Å². The summed E-state index contributed by atoms with van der Waals surface area (Å²) in [6.07, 6.45) is 2.15. The molecular weight excluding hydrogens is 260 g/mol. The molecule has 0 aromatic heterocycles. The minimum Gasteiger partial charge on any atom is -0.480 e. The van der Waals surface area contributed by atoms with Crippen LogP contribution in [0.15, 0.2) is 0 Å². The molecule has 0 radical (unpaired) electrons. The summed E-state index contributed by atoms with van der Waals surface area (Å²) < 4.78 is 5.23. The average Bonchev–Trinajstić information content (AvgIpc) is 2.82. The van der Waals surface area contributed by atoms with Crippen LogP contribution in [0, 0.1) is 5.92 Å². The Balaban J connectivity index is 2.08. The summed E-state index contributed by atoms with van der Waals surface area (Å²) in [5.74, 6) is -0.328. The van der Waals surface area contributed by atoms with Gasteiger partial charge in [0.15, 0.2) is 0 Å². The predicted molar refractivity (Wildman–Crippen MR) is 73.5 cm³/mol. The summed E-state index contributed by atoms with van der Waals surface area (Å²) in [6, 6.07) is -0.752. The van der Waals surface area contributed by atoms with Gasteiger partial charge >= 0.3 is 12.0 Å². The number of piperidine rings is 1. The number of hydrogen-bond acceptors (Lipinski definition) is 3. The molecule has 0 saturated carbocycles. The van der Waals surface area contributed by atoms with Gasteiger partial charge in [-0.15, -0.1) is 0 Å². The van der Waals surface area contributed by atoms with Gasteiger partial charge in [-0.3, -0.25) is 0 Å². The van der Waals surface area contributed by atoms with Crippen molar-refractivity contribution in [3.05, 3.63) is 0 Å². The zero-order valence-electron chi connectivity index (χ0n) is 12.4. The van der Waals surface area contributed by atoms with Gasteiger partial charge in [0.05, 0.1) is 6.10 Å². The zero-order chi connectivity index (χ0) is 14.9. The highest BCUT2D eigenvalue weighted by Gasteiger charge is 2.42. The molecule has 0 aromatic rings. The zero-order valence-corrected chi connectivity index (χ0v) is 12.4. The van der Waals surface area contributed by atoms with E-state index in [0.29, 0.717) is 25.4 Å². The normalized spacial score (nSPS) is 34.4. The van der Waals surface area contributed by atoms with E-state index in [1.807, 2.05) is 11.8 Å². The van der Waals surface area contributed by atoms with E-state index in [1.165, 1.54) is 4.90 Å². The first-order chi connectivity index (χ1) is 9.43. The molecule has 20 heavy (non-hydrogen) atoms. The van der Waals surface area contributed by atoms with E-state index in [4.69, 9.17) is 4.74 Å². The van der Waals surface area contributed by atoms with Gasteiger partial charge in [0.2, 0.25) is 0 Å². The lowest BCUT2D eigenvalue weighted by Gasteiger charge is -2.39. The summed E-state index contributed by atoms with van der Waals surface area (Å²) in [7, 11) is 1.56. The molecule has 0 spiro atoms. The van der Waals surface area contributed by atoms with Crippen molar-refractivity contribution in [3.63, 3.8) is 0 Å². The van der Waals surface area contributed by atoms with Gasteiger partial charge in [-0.1, -0.05) is 6.92 Å². The molecule has 6 heteroatoms. The fraction of sp³-hybridized carbons (Fsp3) is 0.857. The SMILES string of the molecule is COC1CC(C(=O)O)N(C(=O)N2CCC(C)CC2C)C1. The largest absolute Gasteiger partial charge is 0.480 e. The lowest BCUT2D eigenvalue weighted by atomic mass is 9.94. The van der Waals surface area contributed by atoms with Gasteiger partial charge < -0.3 is 19.6 Å². The predicted octanol–water partition coefficient (Wildman–Crippen LogP) is 1.40. The first kappa shape index (κ1) is 15.1. The number of amides is 2. The van der Waals surface area contributed by atoms with E-state index in [1.54, 1.807) is 7.11 Å². The minimum atomic E-state index is -0.948. The number of hydrogen-bond donors (Lipinski definition) is 1.